The van der Waals surface area contributed by atoms with Gasteiger partial charge in [0, 0.05) is 19.5 Å². The fourth-order valence-electron chi connectivity index (χ4n) is 3.89. The van der Waals surface area contributed by atoms with Gasteiger partial charge in [-0.2, -0.15) is 0 Å². The minimum absolute atomic E-state index is 0.00554. The van der Waals surface area contributed by atoms with Crippen LogP contribution in [0, 0.1) is 0 Å². The standard InChI is InChI=1S/C31H32NO4P/c33-31(32(23-27-13-5-1-6-14-27)24-28-15-7-2-8-16-28)21-22-37(34,35-25-29-17-9-3-10-18-29)36-26-30-19-11-4-12-20-30/h1-20H,21-26H2. The summed E-state index contributed by atoms with van der Waals surface area (Å²) >= 11 is 0. The molecule has 0 bridgehead atoms. The quantitative estimate of drug-likeness (QED) is 0.177. The molecule has 37 heavy (non-hydrogen) atoms. The van der Waals surface area contributed by atoms with Gasteiger partial charge in [0.2, 0.25) is 5.91 Å². The maximum atomic E-state index is 13.8. The van der Waals surface area contributed by atoms with Gasteiger partial charge >= 0.3 is 7.60 Å². The van der Waals surface area contributed by atoms with E-state index in [-0.39, 0.29) is 31.7 Å². The van der Waals surface area contributed by atoms with Crippen LogP contribution in [0.4, 0.5) is 0 Å². The highest BCUT2D eigenvalue weighted by Gasteiger charge is 2.28. The predicted octanol–water partition coefficient (Wildman–Crippen LogP) is 7.23. The van der Waals surface area contributed by atoms with Crippen molar-refractivity contribution in [3.05, 3.63) is 144 Å². The Hall–Kier alpha value is -3.50. The molecule has 0 aliphatic heterocycles. The lowest BCUT2D eigenvalue weighted by Gasteiger charge is -2.25. The van der Waals surface area contributed by atoms with Crippen LogP contribution in [0.1, 0.15) is 28.7 Å². The van der Waals surface area contributed by atoms with Crippen molar-refractivity contribution in [3.63, 3.8) is 0 Å². The molecule has 0 heterocycles. The average Bonchev–Trinajstić information content (AvgIpc) is 2.96. The third kappa shape index (κ3) is 8.83. The minimum Gasteiger partial charge on any atom is -0.334 e. The van der Waals surface area contributed by atoms with Gasteiger partial charge in [-0.15, -0.1) is 0 Å². The number of benzene rings is 4. The molecule has 0 saturated heterocycles. The molecule has 5 nitrogen and oxygen atoms in total. The van der Waals surface area contributed by atoms with Gasteiger partial charge in [0.15, 0.2) is 0 Å². The first-order chi connectivity index (χ1) is 18.1. The van der Waals surface area contributed by atoms with Gasteiger partial charge in [-0.1, -0.05) is 121 Å². The Kier molecular flexibility index (Phi) is 9.84. The number of amides is 1. The average molecular weight is 514 g/mol. The van der Waals surface area contributed by atoms with E-state index in [1.54, 1.807) is 4.90 Å². The highest BCUT2D eigenvalue weighted by Crippen LogP contribution is 2.50. The van der Waals surface area contributed by atoms with Gasteiger partial charge in [0.05, 0.1) is 19.4 Å². The van der Waals surface area contributed by atoms with Crippen molar-refractivity contribution >= 4 is 13.5 Å². The summed E-state index contributed by atoms with van der Waals surface area (Å²) in [5.41, 5.74) is 3.87. The molecule has 0 unspecified atom stereocenters. The van der Waals surface area contributed by atoms with E-state index in [4.69, 9.17) is 9.05 Å². The normalized spacial score (nSPS) is 11.2. The molecule has 4 rings (SSSR count). The zero-order valence-electron chi connectivity index (χ0n) is 20.8. The van der Waals surface area contributed by atoms with Crippen molar-refractivity contribution in [1.29, 1.82) is 0 Å². The molecule has 4 aromatic carbocycles. The third-order valence-corrected chi connectivity index (χ3v) is 7.74. The maximum absolute atomic E-state index is 13.8. The Labute approximate surface area is 219 Å². The van der Waals surface area contributed by atoms with Crippen molar-refractivity contribution in [2.45, 2.75) is 32.7 Å². The number of rotatable bonds is 13. The van der Waals surface area contributed by atoms with E-state index in [1.165, 1.54) is 0 Å². The van der Waals surface area contributed by atoms with Gasteiger partial charge in [-0.3, -0.25) is 9.36 Å². The van der Waals surface area contributed by atoms with Crippen molar-refractivity contribution in [2.75, 3.05) is 6.16 Å². The first kappa shape index (κ1) is 26.6. The largest absolute Gasteiger partial charge is 0.334 e. The zero-order chi connectivity index (χ0) is 25.8. The molecular formula is C31H32NO4P. The van der Waals surface area contributed by atoms with Crippen molar-refractivity contribution in [1.82, 2.24) is 4.90 Å². The van der Waals surface area contributed by atoms with Crippen LogP contribution < -0.4 is 0 Å². The molecule has 0 aromatic heterocycles. The van der Waals surface area contributed by atoms with Crippen LogP contribution in [0.2, 0.25) is 0 Å². The van der Waals surface area contributed by atoms with Crippen LogP contribution in [0.5, 0.6) is 0 Å². The van der Waals surface area contributed by atoms with Crippen molar-refractivity contribution in [3.8, 4) is 0 Å². The van der Waals surface area contributed by atoms with E-state index >= 15 is 0 Å². The molecule has 0 fully saturated rings. The SMILES string of the molecule is O=C(CCP(=O)(OCc1ccccc1)OCc1ccccc1)N(Cc1ccccc1)Cc1ccccc1. The molecule has 4 aromatic rings. The molecule has 1 amide bonds. The van der Waals surface area contributed by atoms with Crippen molar-refractivity contribution in [2.24, 2.45) is 0 Å². The van der Waals surface area contributed by atoms with Gasteiger partial charge in [0.25, 0.3) is 0 Å². The lowest BCUT2D eigenvalue weighted by molar-refractivity contribution is -0.132. The van der Waals surface area contributed by atoms with E-state index in [2.05, 4.69) is 0 Å². The molecule has 0 aliphatic carbocycles. The fraction of sp³-hybridized carbons (Fsp3) is 0.194. The lowest BCUT2D eigenvalue weighted by atomic mass is 10.1. The summed E-state index contributed by atoms with van der Waals surface area (Å²) in [6.45, 7) is 1.24. The summed E-state index contributed by atoms with van der Waals surface area (Å²) < 4.78 is 25.5. The van der Waals surface area contributed by atoms with E-state index in [0.717, 1.165) is 22.3 Å². The Morgan fingerprint density at radius 2 is 0.919 bits per heavy atom. The predicted molar refractivity (Wildman–Crippen MR) is 147 cm³/mol. The van der Waals surface area contributed by atoms with Crippen LogP contribution in [0.15, 0.2) is 121 Å². The molecule has 0 radical (unpaired) electrons. The fourth-order valence-corrected chi connectivity index (χ4v) is 5.38. The van der Waals surface area contributed by atoms with Gasteiger partial charge in [0.1, 0.15) is 0 Å². The van der Waals surface area contributed by atoms with E-state index < -0.39 is 7.60 Å². The second-order valence-electron chi connectivity index (χ2n) is 8.82. The van der Waals surface area contributed by atoms with Crippen LogP contribution in [-0.4, -0.2) is 17.0 Å². The van der Waals surface area contributed by atoms with E-state index in [1.807, 2.05) is 121 Å². The zero-order valence-corrected chi connectivity index (χ0v) is 21.7. The summed E-state index contributed by atoms with van der Waals surface area (Å²) in [5, 5.41) is 0. The van der Waals surface area contributed by atoms with Crippen LogP contribution in [0.3, 0.4) is 0 Å². The molecular weight excluding hydrogens is 481 g/mol. The third-order valence-electron chi connectivity index (χ3n) is 5.93. The summed E-state index contributed by atoms with van der Waals surface area (Å²) in [6, 6.07) is 38.9. The number of nitrogens with zero attached hydrogens (tertiary/aromatic N) is 1. The summed E-state index contributed by atoms with van der Waals surface area (Å²) in [7, 11) is -3.56. The Morgan fingerprint density at radius 1 is 0.568 bits per heavy atom. The molecule has 0 atom stereocenters. The molecule has 190 valence electrons. The highest BCUT2D eigenvalue weighted by molar-refractivity contribution is 7.53. The number of hydrogen-bond acceptors (Lipinski definition) is 4. The number of hydrogen-bond donors (Lipinski definition) is 0. The first-order valence-electron chi connectivity index (χ1n) is 12.4. The Bertz CT molecular complexity index is 1180. The lowest BCUT2D eigenvalue weighted by Crippen LogP contribution is -2.30. The van der Waals surface area contributed by atoms with Gasteiger partial charge < -0.3 is 13.9 Å². The smallest absolute Gasteiger partial charge is 0.331 e. The topological polar surface area (TPSA) is 55.8 Å². The first-order valence-corrected chi connectivity index (χ1v) is 14.1. The summed E-state index contributed by atoms with van der Waals surface area (Å²) in [5.74, 6) is -0.0976. The monoisotopic (exact) mass is 513 g/mol. The van der Waals surface area contributed by atoms with Gasteiger partial charge in [-0.05, 0) is 22.3 Å². The highest BCUT2D eigenvalue weighted by atomic mass is 31.2. The van der Waals surface area contributed by atoms with Crippen LogP contribution >= 0.6 is 7.60 Å². The van der Waals surface area contributed by atoms with Crippen molar-refractivity contribution < 1.29 is 18.4 Å². The van der Waals surface area contributed by atoms with E-state index in [0.29, 0.717) is 13.1 Å². The summed E-state index contributed by atoms with van der Waals surface area (Å²) in [6.07, 6.45) is 0.0616. The number of carbonyl (C=O) groups excluding carboxylic acids is 1. The molecule has 0 saturated carbocycles. The molecule has 0 aliphatic rings. The molecule has 0 N–H and O–H groups in total. The molecule has 6 heteroatoms. The van der Waals surface area contributed by atoms with E-state index in [9.17, 15) is 9.36 Å². The van der Waals surface area contributed by atoms with Gasteiger partial charge in [-0.25, -0.2) is 0 Å². The van der Waals surface area contributed by atoms with Crippen LogP contribution in [-0.2, 0) is 44.7 Å². The minimum atomic E-state index is -3.56. The summed E-state index contributed by atoms with van der Waals surface area (Å²) in [4.78, 5) is 15.2. The Balaban J connectivity index is 1.45. The number of carbonyl (C=O) groups is 1. The maximum Gasteiger partial charge on any atom is 0.331 e. The Morgan fingerprint density at radius 3 is 1.30 bits per heavy atom. The second-order valence-corrected chi connectivity index (χ2v) is 11.0. The second kappa shape index (κ2) is 13.7. The van der Waals surface area contributed by atoms with Crippen LogP contribution in [0.25, 0.3) is 0 Å². The molecule has 0 spiro atoms.